The Bertz CT molecular complexity index is 927. The summed E-state index contributed by atoms with van der Waals surface area (Å²) in [6.45, 7) is 1.88. The number of nitrogens with one attached hydrogen (secondary N) is 1. The quantitative estimate of drug-likeness (QED) is 0.513. The monoisotopic (exact) mass is 393 g/mol. The average Bonchev–Trinajstić information content (AvgIpc) is 3.29. The lowest BCUT2D eigenvalue weighted by atomic mass is 10.1. The molecular weight excluding hydrogens is 374 g/mol. The van der Waals surface area contributed by atoms with E-state index >= 15 is 0 Å². The lowest BCUT2D eigenvalue weighted by Crippen LogP contribution is -2.25. The van der Waals surface area contributed by atoms with Gasteiger partial charge in [-0.3, -0.25) is 4.79 Å². The number of sulfonamides is 1. The Kier molecular flexibility index (Phi) is 5.62. The molecule has 0 radical (unpaired) electrons. The number of furan rings is 1. The van der Waals surface area contributed by atoms with Crippen LogP contribution in [0, 0.1) is 0 Å². The Morgan fingerprint density at radius 1 is 1.15 bits per heavy atom. The number of Topliss-reactive ketones (excluding diaryl/α,β-unsaturated/α-hetero) is 1. The van der Waals surface area contributed by atoms with Crippen molar-refractivity contribution >= 4 is 21.8 Å². The highest BCUT2D eigenvalue weighted by Gasteiger charge is 2.30. The van der Waals surface area contributed by atoms with Gasteiger partial charge in [0.1, 0.15) is 5.75 Å². The van der Waals surface area contributed by atoms with Crippen molar-refractivity contribution in [2.75, 3.05) is 13.2 Å². The van der Waals surface area contributed by atoms with E-state index in [9.17, 15) is 18.0 Å². The Balaban J connectivity index is 1.56. The van der Waals surface area contributed by atoms with E-state index in [0.29, 0.717) is 17.9 Å². The first kappa shape index (κ1) is 19.1. The number of esters is 1. The summed E-state index contributed by atoms with van der Waals surface area (Å²) < 4.78 is 41.8. The van der Waals surface area contributed by atoms with Gasteiger partial charge < -0.3 is 13.9 Å². The molecule has 3 rings (SSSR count). The smallest absolute Gasteiger partial charge is 0.374 e. The van der Waals surface area contributed by atoms with Gasteiger partial charge in [0.25, 0.3) is 10.0 Å². The summed E-state index contributed by atoms with van der Waals surface area (Å²) in [6.07, 6.45) is 1.56. The second-order valence-corrected chi connectivity index (χ2v) is 7.62. The molecule has 0 saturated heterocycles. The van der Waals surface area contributed by atoms with Gasteiger partial charge in [-0.05, 0) is 56.2 Å². The van der Waals surface area contributed by atoms with Crippen LogP contribution in [0.1, 0.15) is 40.7 Å². The van der Waals surface area contributed by atoms with Gasteiger partial charge in [0, 0.05) is 11.6 Å². The van der Waals surface area contributed by atoms with Crippen LogP contribution in [0.2, 0.25) is 0 Å². The van der Waals surface area contributed by atoms with Gasteiger partial charge in [-0.25, -0.2) is 17.9 Å². The first-order valence-electron chi connectivity index (χ1n) is 8.44. The molecule has 1 fully saturated rings. The summed E-state index contributed by atoms with van der Waals surface area (Å²) in [7, 11) is -3.80. The van der Waals surface area contributed by atoms with Crippen LogP contribution < -0.4 is 9.46 Å². The zero-order chi connectivity index (χ0) is 19.4. The maximum Gasteiger partial charge on any atom is 0.374 e. The standard InChI is InChI=1S/C18H19NO7S/c1-2-24-14-7-3-12(4-8-14)15(20)11-25-18(21)16-9-10-17(26-16)27(22,23)19-13-5-6-13/h3-4,7-10,13,19H,2,5-6,11H2,1H3. The minimum Gasteiger partial charge on any atom is -0.494 e. The maximum atomic E-state index is 12.1. The van der Waals surface area contributed by atoms with E-state index in [-0.39, 0.29) is 16.9 Å². The molecule has 0 atom stereocenters. The Morgan fingerprint density at radius 2 is 1.85 bits per heavy atom. The molecule has 1 aromatic heterocycles. The maximum absolute atomic E-state index is 12.1. The Hall–Kier alpha value is -2.65. The molecule has 1 N–H and O–H groups in total. The van der Waals surface area contributed by atoms with Crippen LogP contribution in [-0.4, -0.2) is 39.4 Å². The predicted octanol–water partition coefficient (Wildman–Crippen LogP) is 2.16. The number of benzene rings is 1. The third-order valence-electron chi connectivity index (χ3n) is 3.77. The fraction of sp³-hybridized carbons (Fsp3) is 0.333. The third-order valence-corrected chi connectivity index (χ3v) is 5.16. The summed E-state index contributed by atoms with van der Waals surface area (Å²) >= 11 is 0. The van der Waals surface area contributed by atoms with Crippen LogP contribution in [0.3, 0.4) is 0 Å². The number of hydrogen-bond acceptors (Lipinski definition) is 7. The van der Waals surface area contributed by atoms with Gasteiger partial charge in [0.15, 0.2) is 12.4 Å². The first-order chi connectivity index (χ1) is 12.9. The van der Waals surface area contributed by atoms with E-state index in [1.165, 1.54) is 12.1 Å². The van der Waals surface area contributed by atoms with Crippen molar-refractivity contribution in [2.45, 2.75) is 30.9 Å². The number of ether oxygens (including phenoxy) is 2. The van der Waals surface area contributed by atoms with Crippen LogP contribution in [-0.2, 0) is 14.8 Å². The molecule has 0 bridgehead atoms. The van der Waals surface area contributed by atoms with Crippen LogP contribution in [0.25, 0.3) is 0 Å². The third kappa shape index (κ3) is 4.95. The molecule has 27 heavy (non-hydrogen) atoms. The van der Waals surface area contributed by atoms with Crippen molar-refractivity contribution in [1.82, 2.24) is 4.72 Å². The van der Waals surface area contributed by atoms with Crippen molar-refractivity contribution in [2.24, 2.45) is 0 Å². The van der Waals surface area contributed by atoms with Crippen molar-refractivity contribution in [3.63, 3.8) is 0 Å². The molecule has 9 heteroatoms. The number of ketones is 1. The highest BCUT2D eigenvalue weighted by atomic mass is 32.2. The Morgan fingerprint density at radius 3 is 2.48 bits per heavy atom. The van der Waals surface area contributed by atoms with Gasteiger partial charge in [-0.15, -0.1) is 0 Å². The Labute approximate surface area is 156 Å². The molecule has 0 spiro atoms. The number of carbonyl (C=O) groups excluding carboxylic acids is 2. The van der Waals surface area contributed by atoms with E-state index in [1.54, 1.807) is 24.3 Å². The normalized spacial score (nSPS) is 14.0. The molecule has 1 saturated carbocycles. The van der Waals surface area contributed by atoms with Gasteiger partial charge in [-0.2, -0.15) is 0 Å². The molecule has 1 aliphatic rings. The van der Waals surface area contributed by atoms with Crippen LogP contribution >= 0.6 is 0 Å². The lowest BCUT2D eigenvalue weighted by molar-refractivity contribution is 0.0438. The number of rotatable bonds is 9. The second-order valence-electron chi connectivity index (χ2n) is 5.97. The van der Waals surface area contributed by atoms with Crippen LogP contribution in [0.15, 0.2) is 45.9 Å². The van der Waals surface area contributed by atoms with Crippen LogP contribution in [0.5, 0.6) is 5.75 Å². The molecule has 0 aliphatic heterocycles. The lowest BCUT2D eigenvalue weighted by Gasteiger charge is -2.05. The van der Waals surface area contributed by atoms with Crippen molar-refractivity contribution in [3.8, 4) is 5.75 Å². The van der Waals surface area contributed by atoms with E-state index in [2.05, 4.69) is 4.72 Å². The number of carbonyl (C=O) groups is 2. The average molecular weight is 393 g/mol. The van der Waals surface area contributed by atoms with Crippen molar-refractivity contribution in [3.05, 3.63) is 47.7 Å². The molecule has 2 aromatic rings. The fourth-order valence-electron chi connectivity index (χ4n) is 2.24. The zero-order valence-electron chi connectivity index (χ0n) is 14.6. The highest BCUT2D eigenvalue weighted by Crippen LogP contribution is 2.23. The molecule has 8 nitrogen and oxygen atoms in total. The largest absolute Gasteiger partial charge is 0.494 e. The van der Waals surface area contributed by atoms with Crippen LogP contribution in [0.4, 0.5) is 0 Å². The van der Waals surface area contributed by atoms with Gasteiger partial charge in [-0.1, -0.05) is 0 Å². The first-order valence-corrected chi connectivity index (χ1v) is 9.92. The van der Waals surface area contributed by atoms with E-state index in [1.807, 2.05) is 6.92 Å². The summed E-state index contributed by atoms with van der Waals surface area (Å²) in [5.74, 6) is -0.968. The molecule has 0 unspecified atom stereocenters. The molecule has 1 heterocycles. The summed E-state index contributed by atoms with van der Waals surface area (Å²) in [5, 5.41) is -0.362. The second kappa shape index (κ2) is 7.93. The molecule has 1 aliphatic carbocycles. The molecule has 1 aromatic carbocycles. The topological polar surface area (TPSA) is 112 Å². The SMILES string of the molecule is CCOc1ccc(C(=O)COC(=O)c2ccc(S(=O)(=O)NC3CC3)o2)cc1. The van der Waals surface area contributed by atoms with Gasteiger partial charge >= 0.3 is 5.97 Å². The molecule has 0 amide bonds. The van der Waals surface area contributed by atoms with Crippen molar-refractivity contribution in [1.29, 1.82) is 0 Å². The van der Waals surface area contributed by atoms with Crippen molar-refractivity contribution < 1.29 is 31.9 Å². The summed E-state index contributed by atoms with van der Waals surface area (Å²) in [4.78, 5) is 24.1. The number of hydrogen-bond donors (Lipinski definition) is 1. The predicted molar refractivity (Wildman–Crippen MR) is 94.3 cm³/mol. The van der Waals surface area contributed by atoms with Gasteiger partial charge in [0.05, 0.1) is 6.61 Å². The zero-order valence-corrected chi connectivity index (χ0v) is 15.5. The minimum atomic E-state index is -3.80. The van der Waals surface area contributed by atoms with E-state index < -0.39 is 28.4 Å². The fourth-order valence-corrected chi connectivity index (χ4v) is 3.48. The summed E-state index contributed by atoms with van der Waals surface area (Å²) in [6, 6.07) is 8.73. The van der Waals surface area contributed by atoms with E-state index in [4.69, 9.17) is 13.9 Å². The molecule has 144 valence electrons. The highest BCUT2D eigenvalue weighted by molar-refractivity contribution is 7.89. The summed E-state index contributed by atoms with van der Waals surface area (Å²) in [5.41, 5.74) is 0.364. The van der Waals surface area contributed by atoms with Gasteiger partial charge in [0.2, 0.25) is 10.9 Å². The minimum absolute atomic E-state index is 0.0813. The molecular formula is C18H19NO7S. The van der Waals surface area contributed by atoms with E-state index in [0.717, 1.165) is 12.8 Å².